The molecule has 0 saturated carbocycles. The Hall–Kier alpha value is -3.61. The first-order valence-corrected chi connectivity index (χ1v) is 27.8. The maximum atomic E-state index is 13.7. The van der Waals surface area contributed by atoms with Crippen molar-refractivity contribution in [2.75, 3.05) is 77.5 Å². The highest BCUT2D eigenvalue weighted by molar-refractivity contribution is 9.11. The van der Waals surface area contributed by atoms with Crippen LogP contribution in [0.1, 0.15) is 70.0 Å². The number of anilines is 2. The Morgan fingerprint density at radius 3 is 1.36 bits per heavy atom. The smallest absolute Gasteiger partial charge is 0.416 e. The first-order chi connectivity index (χ1) is 34.4. The number of alkyl halides is 6. The second kappa shape index (κ2) is 30.4. The largest absolute Gasteiger partial charge is 0.478 e. The topological polar surface area (TPSA) is 140 Å². The summed E-state index contributed by atoms with van der Waals surface area (Å²) in [4.78, 5) is 41.9. The van der Waals surface area contributed by atoms with Crippen LogP contribution in [0.15, 0.2) is 104 Å². The molecule has 0 aliphatic carbocycles. The quantitative estimate of drug-likeness (QED) is 0.0782. The summed E-state index contributed by atoms with van der Waals surface area (Å²) in [5.74, 6) is -1.35. The molecule has 0 radical (unpaired) electrons. The molecule has 2 aliphatic rings. The minimum atomic E-state index is -4.49. The molecule has 74 heavy (non-hydrogen) atoms. The van der Waals surface area contributed by atoms with Gasteiger partial charge >= 0.3 is 18.3 Å². The number of aromatic carboxylic acids is 1. The number of nitrogens with zero attached hydrogens (tertiary/aromatic N) is 4. The highest BCUT2D eigenvalue weighted by atomic mass is 79.9. The van der Waals surface area contributed by atoms with Crippen LogP contribution >= 0.6 is 80.8 Å². The molecular weight excluding hydrogens is 1260 g/mol. The van der Waals surface area contributed by atoms with Crippen molar-refractivity contribution in [3.63, 3.8) is 0 Å². The number of aryl methyl sites for hydroxylation is 3. The summed E-state index contributed by atoms with van der Waals surface area (Å²) in [5, 5.41) is 10.7. The Morgan fingerprint density at radius 2 is 0.973 bits per heavy atom. The Balaban J connectivity index is 0.000000274. The lowest BCUT2D eigenvalue weighted by Gasteiger charge is -2.33. The molecule has 11 nitrogen and oxygen atoms in total. The van der Waals surface area contributed by atoms with E-state index in [1.807, 2.05) is 50.7 Å². The summed E-state index contributed by atoms with van der Waals surface area (Å²) in [6.45, 7) is 12.8. The number of carboxylic acids is 1. The maximum absolute atomic E-state index is 13.7. The molecule has 24 heteroatoms. The van der Waals surface area contributed by atoms with Gasteiger partial charge in [-0.3, -0.25) is 19.4 Å². The Bertz CT molecular complexity index is 2670. The van der Waals surface area contributed by atoms with Crippen molar-refractivity contribution < 1.29 is 50.0 Å². The molecule has 404 valence electrons. The van der Waals surface area contributed by atoms with Gasteiger partial charge in [0, 0.05) is 123 Å². The van der Waals surface area contributed by atoms with E-state index in [-0.39, 0.29) is 23.5 Å². The molecule has 0 spiro atoms. The van der Waals surface area contributed by atoms with Gasteiger partial charge in [0.1, 0.15) is 0 Å². The molecule has 5 aromatic carbocycles. The summed E-state index contributed by atoms with van der Waals surface area (Å²) >= 11 is 15.2. The van der Waals surface area contributed by atoms with Crippen LogP contribution in [-0.4, -0.2) is 112 Å². The van der Waals surface area contributed by atoms with Crippen molar-refractivity contribution in [3.8, 4) is 0 Å². The number of carbonyl (C=O) groups excluding carboxylic acids is 2. The molecule has 4 N–H and O–H groups in total. The van der Waals surface area contributed by atoms with Gasteiger partial charge in [-0.2, -0.15) is 26.3 Å². The van der Waals surface area contributed by atoms with Gasteiger partial charge in [-0.15, -0.1) is 0 Å². The summed E-state index contributed by atoms with van der Waals surface area (Å²) < 4.78 is 91.4. The lowest BCUT2D eigenvalue weighted by molar-refractivity contribution is -0.139. The second-order valence-electron chi connectivity index (χ2n) is 17.1. The third-order valence-corrected chi connectivity index (χ3v) is 14.1. The third-order valence-electron chi connectivity index (χ3n) is 11.3. The van der Waals surface area contributed by atoms with Crippen LogP contribution in [-0.2, 0) is 34.7 Å². The van der Waals surface area contributed by atoms with Crippen LogP contribution in [0.25, 0.3) is 0 Å². The predicted molar refractivity (Wildman–Crippen MR) is 294 cm³/mol. The van der Waals surface area contributed by atoms with Crippen molar-refractivity contribution in [2.24, 2.45) is 0 Å². The Morgan fingerprint density at radius 1 is 0.608 bits per heavy atom. The number of piperazine rings is 2. The van der Waals surface area contributed by atoms with Gasteiger partial charge in [0.05, 0.1) is 16.7 Å². The van der Waals surface area contributed by atoms with Crippen LogP contribution in [0.3, 0.4) is 0 Å². The van der Waals surface area contributed by atoms with Gasteiger partial charge in [-0.25, -0.2) is 9.00 Å². The fourth-order valence-corrected chi connectivity index (χ4v) is 8.18. The minimum Gasteiger partial charge on any atom is -0.478 e. The van der Waals surface area contributed by atoms with E-state index in [2.05, 4.69) is 84.3 Å². The number of benzene rings is 5. The van der Waals surface area contributed by atoms with E-state index >= 15 is 0 Å². The second-order valence-corrected chi connectivity index (χ2v) is 22.5. The maximum Gasteiger partial charge on any atom is 0.416 e. The number of amides is 1. The van der Waals surface area contributed by atoms with E-state index in [9.17, 15) is 40.7 Å². The van der Waals surface area contributed by atoms with E-state index in [4.69, 9.17) is 26.7 Å². The number of likely N-dealkylation sites (N-methyl/N-ethyl adjacent to an activating group) is 2. The van der Waals surface area contributed by atoms with Crippen molar-refractivity contribution in [1.82, 2.24) is 19.6 Å². The highest BCUT2D eigenvalue weighted by Crippen LogP contribution is 2.36. The van der Waals surface area contributed by atoms with Gasteiger partial charge in [0.2, 0.25) is 9.23 Å². The van der Waals surface area contributed by atoms with E-state index in [1.165, 1.54) is 24.3 Å². The van der Waals surface area contributed by atoms with Gasteiger partial charge in [-0.05, 0) is 135 Å². The average Bonchev–Trinajstić information content (AvgIpc) is 3.31. The lowest BCUT2D eigenvalue weighted by atomic mass is 10.0. The van der Waals surface area contributed by atoms with Gasteiger partial charge in [0.15, 0.2) is 0 Å². The molecule has 0 unspecified atom stereocenters. The zero-order valence-electron chi connectivity index (χ0n) is 40.6. The standard InChI is InChI=1S/C21H23BrF3N3O.C13H18F3N3.C8H6BrClO.C8H7BrO2.Cl2OS/c1-14-3-4-15(11-19(14)22)20(29)26-17-6-5-16(18(12-17)21(23,24)25)13-28-9-7-27(2)8-10-28;1-18-4-6-19(7-5-18)9-10-2-3-11(17)8-12(10)13(14,15)16;2*1-5-2-3-6(8(10)11)4-7(5)9;1-4(2)3/h3-6,11-12H,7-10,13H2,1-2H3,(H,26,29);2-3,8H,4-7,9,17H2,1H3;2-4H,1H3;2-4H,1H3,(H,10,11);. The number of carboxylic acid groups (broad SMARTS) is 1. The van der Waals surface area contributed by atoms with Gasteiger partial charge < -0.3 is 26.0 Å². The first-order valence-electron chi connectivity index (χ1n) is 22.2. The van der Waals surface area contributed by atoms with Crippen LogP contribution in [0.2, 0.25) is 0 Å². The normalized spacial score (nSPS) is 14.5. The van der Waals surface area contributed by atoms with Crippen molar-refractivity contribution in [3.05, 3.63) is 160 Å². The molecule has 0 bridgehead atoms. The molecule has 0 aromatic heterocycles. The van der Waals surface area contributed by atoms with Crippen LogP contribution in [0.5, 0.6) is 0 Å². The minimum absolute atomic E-state index is 0.126. The third kappa shape index (κ3) is 22.5. The molecule has 1 amide bonds. The molecular formula is C50H54Br3Cl3F6N6O5S. The summed E-state index contributed by atoms with van der Waals surface area (Å²) in [6, 6.07) is 23.3. The van der Waals surface area contributed by atoms with Crippen LogP contribution in [0.4, 0.5) is 37.7 Å². The number of nitrogens with one attached hydrogen (secondary N) is 1. The number of rotatable bonds is 8. The predicted octanol–water partition coefficient (Wildman–Crippen LogP) is 13.4. The molecule has 2 aliphatic heterocycles. The lowest BCUT2D eigenvalue weighted by Crippen LogP contribution is -2.44. The number of hydrogen-bond donors (Lipinski definition) is 3. The molecule has 2 saturated heterocycles. The fourth-order valence-electron chi connectivity index (χ4n) is 6.92. The summed E-state index contributed by atoms with van der Waals surface area (Å²) in [6.07, 6.45) is -8.84. The van der Waals surface area contributed by atoms with Gasteiger partial charge in [0.25, 0.3) is 11.1 Å². The average molecular weight is 1310 g/mol. The number of carbonyl (C=O) groups is 3. The molecule has 5 aromatic rings. The Labute approximate surface area is 468 Å². The molecule has 7 rings (SSSR count). The Kier molecular flexibility index (Phi) is 26.5. The van der Waals surface area contributed by atoms with Crippen LogP contribution in [0, 0.1) is 20.8 Å². The summed E-state index contributed by atoms with van der Waals surface area (Å²) in [5.41, 5.74) is 9.21. The van der Waals surface area contributed by atoms with Crippen molar-refractivity contribution >= 4 is 118 Å². The number of hydrogen-bond acceptors (Lipinski definition) is 9. The zero-order chi connectivity index (χ0) is 55.7. The molecule has 2 fully saturated rings. The number of halogens is 12. The first kappa shape index (κ1) is 64.7. The number of nitrogens with two attached hydrogens (primary N) is 1. The monoisotopic (exact) mass is 1310 g/mol. The fraction of sp³-hybridized carbons (Fsp3) is 0.340. The highest BCUT2D eigenvalue weighted by Gasteiger charge is 2.35. The van der Waals surface area contributed by atoms with Crippen LogP contribution < -0.4 is 11.1 Å². The molecule has 0 atom stereocenters. The molecule has 2 heterocycles. The summed E-state index contributed by atoms with van der Waals surface area (Å²) in [7, 11) is 11.4. The SMILES string of the molecule is CN1CCN(Cc2ccc(N)cc2C(F)(F)F)CC1.Cc1ccc(C(=O)Cl)cc1Br.Cc1ccc(C(=O)Nc2ccc(CN3CCN(C)CC3)c(C(F)(F)F)c2)cc1Br.Cc1ccc(C(=O)O)cc1Br.O=S(Cl)Cl. The van der Waals surface area contributed by atoms with Crippen molar-refractivity contribution in [1.29, 1.82) is 0 Å². The zero-order valence-corrected chi connectivity index (χ0v) is 48.5. The van der Waals surface area contributed by atoms with E-state index in [0.717, 1.165) is 94.6 Å². The van der Waals surface area contributed by atoms with Crippen molar-refractivity contribution in [2.45, 2.75) is 46.2 Å². The van der Waals surface area contributed by atoms with Gasteiger partial charge in [-0.1, -0.05) is 78.1 Å². The van der Waals surface area contributed by atoms with E-state index in [1.54, 1.807) is 48.5 Å². The number of nitrogen functional groups attached to an aromatic ring is 1. The van der Waals surface area contributed by atoms with E-state index < -0.39 is 49.8 Å². The van der Waals surface area contributed by atoms with E-state index in [0.29, 0.717) is 28.8 Å².